The standard InChI is InChI=1S/C14H17BrClN/c1-3-5-6-7-14(17-4-2)12-10-11(15)8-9-13(12)16/h8-10,14,17H,4,6-7H2,1-2H3. The van der Waals surface area contributed by atoms with Gasteiger partial charge in [-0.1, -0.05) is 34.5 Å². The second-order valence-corrected chi connectivity index (χ2v) is 5.06. The molecule has 0 radical (unpaired) electrons. The summed E-state index contributed by atoms with van der Waals surface area (Å²) in [6.45, 7) is 4.89. The fraction of sp³-hybridized carbons (Fsp3) is 0.429. The Morgan fingerprint density at radius 1 is 1.47 bits per heavy atom. The van der Waals surface area contributed by atoms with Crippen LogP contribution in [-0.2, 0) is 0 Å². The van der Waals surface area contributed by atoms with Gasteiger partial charge in [0.05, 0.1) is 0 Å². The molecule has 0 heterocycles. The molecular formula is C14H17BrClN. The molecule has 0 fully saturated rings. The van der Waals surface area contributed by atoms with E-state index in [1.807, 2.05) is 19.1 Å². The van der Waals surface area contributed by atoms with E-state index in [1.165, 1.54) is 0 Å². The van der Waals surface area contributed by atoms with Gasteiger partial charge in [0.1, 0.15) is 0 Å². The highest BCUT2D eigenvalue weighted by molar-refractivity contribution is 9.10. The average molecular weight is 315 g/mol. The molecule has 0 spiro atoms. The Bertz CT molecular complexity index is 420. The normalized spacial score (nSPS) is 11.8. The van der Waals surface area contributed by atoms with Crippen LogP contribution in [-0.4, -0.2) is 6.54 Å². The van der Waals surface area contributed by atoms with Crippen molar-refractivity contribution in [3.8, 4) is 11.8 Å². The Morgan fingerprint density at radius 3 is 2.88 bits per heavy atom. The van der Waals surface area contributed by atoms with Crippen molar-refractivity contribution in [2.75, 3.05) is 6.54 Å². The van der Waals surface area contributed by atoms with Gasteiger partial charge in [-0.05, 0) is 43.7 Å². The van der Waals surface area contributed by atoms with Crippen molar-refractivity contribution in [3.63, 3.8) is 0 Å². The van der Waals surface area contributed by atoms with Gasteiger partial charge in [-0.3, -0.25) is 0 Å². The molecule has 1 aromatic carbocycles. The van der Waals surface area contributed by atoms with E-state index in [9.17, 15) is 0 Å². The molecule has 0 aliphatic rings. The van der Waals surface area contributed by atoms with Crippen LogP contribution in [0.25, 0.3) is 0 Å². The molecule has 0 aliphatic carbocycles. The maximum atomic E-state index is 6.24. The molecule has 1 rings (SSSR count). The minimum Gasteiger partial charge on any atom is -0.310 e. The first kappa shape index (κ1) is 14.6. The number of benzene rings is 1. The van der Waals surface area contributed by atoms with Crippen molar-refractivity contribution in [3.05, 3.63) is 33.3 Å². The lowest BCUT2D eigenvalue weighted by Gasteiger charge is -2.19. The SMILES string of the molecule is CC#CCCC(NCC)c1cc(Br)ccc1Cl. The minimum absolute atomic E-state index is 0.269. The molecule has 0 saturated carbocycles. The van der Waals surface area contributed by atoms with Gasteiger partial charge >= 0.3 is 0 Å². The summed E-state index contributed by atoms with van der Waals surface area (Å²) in [5.41, 5.74) is 1.14. The molecule has 0 saturated heterocycles. The van der Waals surface area contributed by atoms with Crippen LogP contribution in [0.1, 0.15) is 38.3 Å². The van der Waals surface area contributed by atoms with Gasteiger partial charge in [-0.15, -0.1) is 11.8 Å². The molecule has 1 atom stereocenters. The van der Waals surface area contributed by atoms with Gasteiger partial charge in [0, 0.05) is 22.0 Å². The molecule has 17 heavy (non-hydrogen) atoms. The first-order chi connectivity index (χ1) is 8.19. The number of hydrogen-bond acceptors (Lipinski definition) is 1. The lowest BCUT2D eigenvalue weighted by atomic mass is 10.0. The third-order valence-electron chi connectivity index (χ3n) is 2.52. The lowest BCUT2D eigenvalue weighted by Crippen LogP contribution is -2.21. The van der Waals surface area contributed by atoms with E-state index in [2.05, 4.69) is 46.1 Å². The quantitative estimate of drug-likeness (QED) is 0.786. The summed E-state index contributed by atoms with van der Waals surface area (Å²) in [6, 6.07) is 6.23. The molecule has 0 bridgehead atoms. The number of nitrogens with one attached hydrogen (secondary N) is 1. The fourth-order valence-electron chi connectivity index (χ4n) is 1.74. The molecule has 1 nitrogen and oxygen atoms in total. The first-order valence-electron chi connectivity index (χ1n) is 5.77. The molecule has 0 amide bonds. The number of rotatable bonds is 5. The van der Waals surface area contributed by atoms with Crippen molar-refractivity contribution in [2.45, 2.75) is 32.7 Å². The number of hydrogen-bond donors (Lipinski definition) is 1. The van der Waals surface area contributed by atoms with E-state index in [0.29, 0.717) is 0 Å². The Balaban J connectivity index is 2.86. The molecular weight excluding hydrogens is 298 g/mol. The second-order valence-electron chi connectivity index (χ2n) is 3.74. The largest absolute Gasteiger partial charge is 0.310 e. The highest BCUT2D eigenvalue weighted by atomic mass is 79.9. The molecule has 1 unspecified atom stereocenters. The smallest absolute Gasteiger partial charge is 0.0454 e. The third kappa shape index (κ3) is 4.71. The average Bonchev–Trinajstić information content (AvgIpc) is 2.32. The van der Waals surface area contributed by atoms with Crippen LogP contribution in [0, 0.1) is 11.8 Å². The van der Waals surface area contributed by atoms with Gasteiger partial charge in [0.15, 0.2) is 0 Å². The van der Waals surface area contributed by atoms with E-state index >= 15 is 0 Å². The highest BCUT2D eigenvalue weighted by Crippen LogP contribution is 2.29. The van der Waals surface area contributed by atoms with E-state index in [1.54, 1.807) is 0 Å². The van der Waals surface area contributed by atoms with E-state index in [0.717, 1.165) is 34.4 Å². The molecule has 92 valence electrons. The highest BCUT2D eigenvalue weighted by Gasteiger charge is 2.13. The lowest BCUT2D eigenvalue weighted by molar-refractivity contribution is 0.522. The Hall–Kier alpha value is -0.490. The molecule has 1 aromatic rings. The van der Waals surface area contributed by atoms with E-state index < -0.39 is 0 Å². The van der Waals surface area contributed by atoms with Crippen LogP contribution < -0.4 is 5.32 Å². The molecule has 0 aromatic heterocycles. The van der Waals surface area contributed by atoms with Gasteiger partial charge in [-0.2, -0.15) is 0 Å². The van der Waals surface area contributed by atoms with Crippen molar-refractivity contribution in [1.82, 2.24) is 5.32 Å². The topological polar surface area (TPSA) is 12.0 Å². The summed E-state index contributed by atoms with van der Waals surface area (Å²) in [5, 5.41) is 4.26. The second kappa shape index (κ2) is 7.76. The predicted molar refractivity (Wildman–Crippen MR) is 78.3 cm³/mol. The summed E-state index contributed by atoms with van der Waals surface area (Å²) >= 11 is 9.73. The van der Waals surface area contributed by atoms with Crippen molar-refractivity contribution >= 4 is 27.5 Å². The number of halogens is 2. The van der Waals surface area contributed by atoms with Crippen LogP contribution in [0.4, 0.5) is 0 Å². The van der Waals surface area contributed by atoms with Crippen molar-refractivity contribution < 1.29 is 0 Å². The summed E-state index contributed by atoms with van der Waals surface area (Å²) in [6.07, 6.45) is 1.86. The molecule has 3 heteroatoms. The maximum Gasteiger partial charge on any atom is 0.0454 e. The zero-order chi connectivity index (χ0) is 12.7. The summed E-state index contributed by atoms with van der Waals surface area (Å²) < 4.78 is 1.06. The van der Waals surface area contributed by atoms with Gasteiger partial charge < -0.3 is 5.32 Å². The third-order valence-corrected chi connectivity index (χ3v) is 3.36. The summed E-state index contributed by atoms with van der Waals surface area (Å²) in [4.78, 5) is 0. The predicted octanol–water partition coefficient (Wildman–Crippen LogP) is 4.56. The van der Waals surface area contributed by atoms with Crippen LogP contribution in [0.3, 0.4) is 0 Å². The van der Waals surface area contributed by atoms with Crippen LogP contribution >= 0.6 is 27.5 Å². The minimum atomic E-state index is 0.269. The van der Waals surface area contributed by atoms with Crippen LogP contribution in [0.5, 0.6) is 0 Å². The fourth-order valence-corrected chi connectivity index (χ4v) is 2.37. The van der Waals surface area contributed by atoms with E-state index in [4.69, 9.17) is 11.6 Å². The van der Waals surface area contributed by atoms with Gasteiger partial charge in [0.25, 0.3) is 0 Å². The monoisotopic (exact) mass is 313 g/mol. The Labute approximate surface area is 117 Å². The molecule has 0 aliphatic heterocycles. The van der Waals surface area contributed by atoms with Gasteiger partial charge in [-0.25, -0.2) is 0 Å². The molecule has 1 N–H and O–H groups in total. The summed E-state index contributed by atoms with van der Waals surface area (Å²) in [7, 11) is 0. The van der Waals surface area contributed by atoms with Crippen molar-refractivity contribution in [2.24, 2.45) is 0 Å². The van der Waals surface area contributed by atoms with E-state index in [-0.39, 0.29) is 6.04 Å². The Morgan fingerprint density at radius 2 is 2.24 bits per heavy atom. The zero-order valence-corrected chi connectivity index (χ0v) is 12.5. The van der Waals surface area contributed by atoms with Crippen LogP contribution in [0.15, 0.2) is 22.7 Å². The van der Waals surface area contributed by atoms with Gasteiger partial charge in [0.2, 0.25) is 0 Å². The zero-order valence-electron chi connectivity index (χ0n) is 10.2. The maximum absolute atomic E-state index is 6.24. The van der Waals surface area contributed by atoms with Crippen molar-refractivity contribution in [1.29, 1.82) is 0 Å². The van der Waals surface area contributed by atoms with Crippen LogP contribution in [0.2, 0.25) is 5.02 Å². The first-order valence-corrected chi connectivity index (χ1v) is 6.94. The Kier molecular flexibility index (Phi) is 6.65. The summed E-state index contributed by atoms with van der Waals surface area (Å²) in [5.74, 6) is 6.02.